The van der Waals surface area contributed by atoms with E-state index in [1.165, 1.54) is 0 Å². The van der Waals surface area contributed by atoms with Crippen LogP contribution in [0.15, 0.2) is 11.1 Å². The van der Waals surface area contributed by atoms with Gasteiger partial charge in [0.25, 0.3) is 0 Å². The van der Waals surface area contributed by atoms with Crippen molar-refractivity contribution in [3.05, 3.63) is 11.1 Å². The summed E-state index contributed by atoms with van der Waals surface area (Å²) in [5.41, 5.74) is 0.230. The van der Waals surface area contributed by atoms with Gasteiger partial charge in [0.05, 0.1) is 6.10 Å². The Balaban J connectivity index is 1.39. The van der Waals surface area contributed by atoms with Gasteiger partial charge in [-0.3, -0.25) is 0 Å². The Morgan fingerprint density at radius 2 is 2.00 bits per heavy atom. The number of carbonyl (C=O) groups excluding carboxylic acids is 1. The van der Waals surface area contributed by atoms with E-state index in [1.807, 2.05) is 0 Å². The first-order valence-electron chi connectivity index (χ1n) is 9.95. The molecule has 4 aliphatic heterocycles. The molecule has 140 valence electrons. The number of fused-ring (bicyclic) bond motifs is 4. The number of hydrogen-bond donors (Lipinski definition) is 1. The molecule has 0 aromatic carbocycles. The van der Waals surface area contributed by atoms with Gasteiger partial charge in [0.1, 0.15) is 36.1 Å². The zero-order valence-corrected chi connectivity index (χ0v) is 15.3. The summed E-state index contributed by atoms with van der Waals surface area (Å²) in [7, 11) is 0. The molecule has 0 aromatic rings. The second-order valence-corrected chi connectivity index (χ2v) is 9.91. The van der Waals surface area contributed by atoms with Gasteiger partial charge in [-0.05, 0) is 36.7 Å². The molecule has 1 N–H and O–H groups in total. The van der Waals surface area contributed by atoms with Crippen LogP contribution in [0.4, 0.5) is 0 Å². The smallest absolute Gasteiger partial charge is 0.334 e. The Kier molecular flexibility index (Phi) is 2.19. The van der Waals surface area contributed by atoms with Gasteiger partial charge in [-0.1, -0.05) is 20.8 Å². The molecule has 0 bridgehead atoms. The zero-order valence-electron chi connectivity index (χ0n) is 15.3. The molecule has 3 aliphatic carbocycles. The van der Waals surface area contributed by atoms with Gasteiger partial charge in [0.2, 0.25) is 0 Å². The first-order chi connectivity index (χ1) is 12.3. The van der Waals surface area contributed by atoms with Crippen molar-refractivity contribution in [2.75, 3.05) is 6.61 Å². The summed E-state index contributed by atoms with van der Waals surface area (Å²) in [6.07, 6.45) is 1.71. The molecule has 0 aromatic heterocycles. The second-order valence-electron chi connectivity index (χ2n) is 9.91. The van der Waals surface area contributed by atoms with Crippen LogP contribution in [0.5, 0.6) is 0 Å². The summed E-state index contributed by atoms with van der Waals surface area (Å²) in [6, 6.07) is 0. The summed E-state index contributed by atoms with van der Waals surface area (Å²) in [6.45, 7) is 6.91. The number of cyclic esters (lactones) is 1. The summed E-state index contributed by atoms with van der Waals surface area (Å²) in [4.78, 5) is 12.1. The highest BCUT2D eigenvalue weighted by atomic mass is 16.7. The maximum atomic E-state index is 12.1. The largest absolute Gasteiger partial charge is 0.458 e. The molecule has 5 fully saturated rings. The predicted octanol–water partition coefficient (Wildman–Crippen LogP) is 1.10. The molecular weight excluding hydrogens is 336 g/mol. The lowest BCUT2D eigenvalue weighted by Crippen LogP contribution is -2.69. The number of hydrogen-bond acceptors (Lipinski definition) is 6. The Hall–Kier alpha value is -0.950. The van der Waals surface area contributed by atoms with Crippen LogP contribution < -0.4 is 0 Å². The van der Waals surface area contributed by atoms with Crippen LogP contribution in [0, 0.1) is 17.3 Å². The summed E-state index contributed by atoms with van der Waals surface area (Å²) >= 11 is 0. The summed E-state index contributed by atoms with van der Waals surface area (Å²) in [5.74, 6) is 0.297. The second kappa shape index (κ2) is 3.79. The van der Waals surface area contributed by atoms with Gasteiger partial charge in [0, 0.05) is 11.0 Å². The Labute approximate surface area is 151 Å². The molecule has 6 nitrogen and oxygen atoms in total. The Morgan fingerprint density at radius 3 is 2.77 bits per heavy atom. The quantitative estimate of drug-likeness (QED) is 0.557. The van der Waals surface area contributed by atoms with E-state index in [0.717, 1.165) is 30.4 Å². The lowest BCUT2D eigenvalue weighted by Gasteiger charge is -2.53. The minimum Gasteiger partial charge on any atom is -0.458 e. The number of aliphatic hydroxyl groups excluding tert-OH is 1. The van der Waals surface area contributed by atoms with Crippen molar-refractivity contribution < 1.29 is 28.8 Å². The van der Waals surface area contributed by atoms with Crippen molar-refractivity contribution >= 4 is 5.97 Å². The molecule has 4 heterocycles. The zero-order chi connectivity index (χ0) is 17.9. The summed E-state index contributed by atoms with van der Waals surface area (Å²) < 4.78 is 24.3. The molecule has 0 radical (unpaired) electrons. The SMILES string of the molecule is CC(C)[C@]12O[C@H]1[C@@H]1OC13[C@@]1(C)CCC4=C(COC4=O)[C@@H]1C[C@@H]1O[C@@]13C2O. The van der Waals surface area contributed by atoms with Crippen molar-refractivity contribution in [2.24, 2.45) is 17.3 Å². The average molecular weight is 360 g/mol. The lowest BCUT2D eigenvalue weighted by molar-refractivity contribution is -0.136. The highest BCUT2D eigenvalue weighted by molar-refractivity contribution is 5.92. The number of epoxide rings is 3. The number of ether oxygens (including phenoxy) is 4. The number of esters is 1. The van der Waals surface area contributed by atoms with Crippen molar-refractivity contribution in [3.8, 4) is 0 Å². The van der Waals surface area contributed by atoms with Crippen LogP contribution in [0.25, 0.3) is 0 Å². The number of rotatable bonds is 1. The molecule has 26 heavy (non-hydrogen) atoms. The molecule has 3 saturated heterocycles. The molecule has 7 aliphatic rings. The third kappa shape index (κ3) is 1.14. The van der Waals surface area contributed by atoms with E-state index in [-0.39, 0.29) is 41.5 Å². The highest BCUT2D eigenvalue weighted by Crippen LogP contribution is 2.82. The van der Waals surface area contributed by atoms with Crippen LogP contribution in [-0.4, -0.2) is 58.9 Å². The number of carbonyl (C=O) groups is 1. The summed E-state index contributed by atoms with van der Waals surface area (Å²) in [5, 5.41) is 11.4. The average Bonchev–Trinajstić information content (AvgIpc) is 3.47. The third-order valence-corrected chi connectivity index (χ3v) is 9.10. The van der Waals surface area contributed by atoms with Crippen molar-refractivity contribution in [1.29, 1.82) is 0 Å². The van der Waals surface area contributed by atoms with Crippen LogP contribution in [-0.2, 0) is 23.7 Å². The minimum absolute atomic E-state index is 0.00808. The lowest BCUT2D eigenvalue weighted by atomic mass is 9.46. The van der Waals surface area contributed by atoms with E-state index < -0.39 is 22.9 Å². The fourth-order valence-electron chi connectivity index (χ4n) is 7.70. The van der Waals surface area contributed by atoms with Crippen LogP contribution in [0.3, 0.4) is 0 Å². The topological polar surface area (TPSA) is 84.1 Å². The van der Waals surface area contributed by atoms with E-state index in [4.69, 9.17) is 18.9 Å². The van der Waals surface area contributed by atoms with Crippen molar-refractivity contribution in [1.82, 2.24) is 0 Å². The highest BCUT2D eigenvalue weighted by Gasteiger charge is 3.00. The van der Waals surface area contributed by atoms with E-state index in [2.05, 4.69) is 20.8 Å². The first-order valence-corrected chi connectivity index (χ1v) is 9.95. The monoisotopic (exact) mass is 360 g/mol. The maximum absolute atomic E-state index is 12.1. The molecule has 2 unspecified atom stereocenters. The molecule has 2 spiro atoms. The number of aliphatic hydroxyl groups is 1. The normalized spacial score (nSPS) is 63.1. The van der Waals surface area contributed by atoms with E-state index in [9.17, 15) is 9.90 Å². The van der Waals surface area contributed by atoms with Gasteiger partial charge in [-0.25, -0.2) is 4.79 Å². The van der Waals surface area contributed by atoms with Gasteiger partial charge in [-0.15, -0.1) is 0 Å². The van der Waals surface area contributed by atoms with Crippen LogP contribution in [0.2, 0.25) is 0 Å². The van der Waals surface area contributed by atoms with Crippen molar-refractivity contribution in [2.45, 2.75) is 81.3 Å². The predicted molar refractivity (Wildman–Crippen MR) is 87.1 cm³/mol. The van der Waals surface area contributed by atoms with Gasteiger partial charge >= 0.3 is 5.97 Å². The fourth-order valence-corrected chi connectivity index (χ4v) is 7.70. The van der Waals surface area contributed by atoms with Crippen molar-refractivity contribution in [3.63, 3.8) is 0 Å². The van der Waals surface area contributed by atoms with Crippen LogP contribution >= 0.6 is 0 Å². The molecular formula is C20H24O6. The fraction of sp³-hybridized carbons (Fsp3) is 0.850. The van der Waals surface area contributed by atoms with Gasteiger partial charge in [-0.2, -0.15) is 0 Å². The Bertz CT molecular complexity index is 819. The van der Waals surface area contributed by atoms with E-state index >= 15 is 0 Å². The standard InChI is InChI=1S/C20H24O6/c1-8(2)18-13(25-18)14-20(26-14)17(3)5-4-9-10(7-23-15(9)21)11(17)6-12-19(20,24-12)16(18)22/h8,11-14,16,22H,4-7H2,1-3H3/t11-,12-,13-,14-,16?,17-,18-,19+,20?/m0/s1. The molecule has 6 heteroatoms. The third-order valence-electron chi connectivity index (χ3n) is 9.10. The van der Waals surface area contributed by atoms with Gasteiger partial charge in [0.15, 0.2) is 5.60 Å². The molecule has 9 atom stereocenters. The molecule has 2 saturated carbocycles. The molecule has 7 rings (SSSR count). The minimum atomic E-state index is -0.654. The first kappa shape index (κ1) is 15.0. The maximum Gasteiger partial charge on any atom is 0.334 e. The van der Waals surface area contributed by atoms with E-state index in [1.54, 1.807) is 0 Å². The van der Waals surface area contributed by atoms with Gasteiger partial charge < -0.3 is 24.1 Å². The molecule has 0 amide bonds. The van der Waals surface area contributed by atoms with E-state index in [0.29, 0.717) is 6.61 Å². The Morgan fingerprint density at radius 1 is 1.19 bits per heavy atom. The van der Waals surface area contributed by atoms with Crippen LogP contribution in [0.1, 0.15) is 40.0 Å².